The van der Waals surface area contributed by atoms with Gasteiger partial charge < -0.3 is 14.8 Å². The van der Waals surface area contributed by atoms with Gasteiger partial charge in [-0.05, 0) is 25.5 Å². The number of aryl methyl sites for hydroxylation is 2. The van der Waals surface area contributed by atoms with Gasteiger partial charge in [0.25, 0.3) is 0 Å². The van der Waals surface area contributed by atoms with E-state index in [1.165, 1.54) is 24.5 Å². The molecule has 0 aliphatic carbocycles. The van der Waals surface area contributed by atoms with Gasteiger partial charge in [-0.1, -0.05) is 12.1 Å². The molecule has 3 aromatic rings. The van der Waals surface area contributed by atoms with Crippen molar-refractivity contribution >= 4 is 33.3 Å². The molecule has 1 N–H and O–H groups in total. The summed E-state index contributed by atoms with van der Waals surface area (Å²) >= 11 is 1.28. The van der Waals surface area contributed by atoms with Crippen molar-refractivity contribution in [1.29, 1.82) is 0 Å². The monoisotopic (exact) mass is 387 g/mol. The number of nitrogens with zero attached hydrogens (tertiary/aromatic N) is 2. The molecule has 0 saturated heterocycles. The summed E-state index contributed by atoms with van der Waals surface area (Å²) in [4.78, 5) is 22.3. The number of carbonyl (C=O) groups excluding carboxylic acids is 1. The van der Waals surface area contributed by atoms with Gasteiger partial charge >= 0.3 is 5.97 Å². The highest BCUT2D eigenvalue weighted by Crippen LogP contribution is 2.39. The molecule has 8 heteroatoms. The third-order valence-electron chi connectivity index (χ3n) is 4.61. The van der Waals surface area contributed by atoms with Crippen LogP contribution < -0.4 is 10.1 Å². The molecule has 4 rings (SSSR count). The summed E-state index contributed by atoms with van der Waals surface area (Å²) in [5.74, 6) is 0.735. The molecular weight excluding hydrogens is 369 g/mol. The van der Waals surface area contributed by atoms with E-state index >= 15 is 0 Å². The Balaban J connectivity index is 1.81. The van der Waals surface area contributed by atoms with Gasteiger partial charge in [-0.3, -0.25) is 0 Å². The molecular formula is C19H18FN3O3S. The number of thiophene rings is 1. The average Bonchev–Trinajstić information content (AvgIpc) is 2.98. The highest BCUT2D eigenvalue weighted by atomic mass is 32.1. The fourth-order valence-electron chi connectivity index (χ4n) is 3.34. The predicted octanol–water partition coefficient (Wildman–Crippen LogP) is 4.17. The van der Waals surface area contributed by atoms with Gasteiger partial charge in [0, 0.05) is 12.0 Å². The van der Waals surface area contributed by atoms with E-state index in [1.807, 2.05) is 13.0 Å². The Morgan fingerprint density at radius 3 is 2.96 bits per heavy atom. The highest BCUT2D eigenvalue weighted by molar-refractivity contribution is 7.20. The van der Waals surface area contributed by atoms with Gasteiger partial charge in [0.05, 0.1) is 25.1 Å². The zero-order valence-corrected chi connectivity index (χ0v) is 15.9. The number of hydrogen-bond acceptors (Lipinski definition) is 7. The summed E-state index contributed by atoms with van der Waals surface area (Å²) in [6.45, 7) is 4.07. The van der Waals surface area contributed by atoms with Crippen molar-refractivity contribution < 1.29 is 18.7 Å². The maximum Gasteiger partial charge on any atom is 0.348 e. The molecule has 0 spiro atoms. The number of nitrogens with one attached hydrogen (secondary N) is 1. The largest absolute Gasteiger partial charge is 0.490 e. The van der Waals surface area contributed by atoms with Crippen LogP contribution in [-0.2, 0) is 4.74 Å². The van der Waals surface area contributed by atoms with E-state index in [4.69, 9.17) is 9.47 Å². The number of hydrogen-bond donors (Lipinski definition) is 1. The lowest BCUT2D eigenvalue weighted by atomic mass is 10.00. The van der Waals surface area contributed by atoms with Crippen LogP contribution in [0.1, 0.15) is 39.1 Å². The number of esters is 1. The van der Waals surface area contributed by atoms with Crippen LogP contribution in [0.3, 0.4) is 0 Å². The Kier molecular flexibility index (Phi) is 4.43. The standard InChI is InChI=1S/C19H18FN3O3S/c1-9-14-17(21-10(2)22-18(14)27-16(9)19(24)25-3)23-13-7-8-26-15-11(13)5-4-6-12(15)20/h4-6,13H,7-8H2,1-3H3,(H,21,22,23)/t13-/m0/s1. The first kappa shape index (κ1) is 17.7. The lowest BCUT2D eigenvalue weighted by Crippen LogP contribution is -2.22. The van der Waals surface area contributed by atoms with Crippen LogP contribution in [0.4, 0.5) is 10.2 Å². The molecule has 1 aromatic carbocycles. The number of ether oxygens (including phenoxy) is 2. The Bertz CT molecular complexity index is 1050. The van der Waals surface area contributed by atoms with Crippen LogP contribution in [-0.4, -0.2) is 29.7 Å². The smallest absolute Gasteiger partial charge is 0.348 e. The highest BCUT2D eigenvalue weighted by Gasteiger charge is 2.26. The van der Waals surface area contributed by atoms with Gasteiger partial charge in [-0.15, -0.1) is 11.3 Å². The van der Waals surface area contributed by atoms with Crippen molar-refractivity contribution in [2.45, 2.75) is 26.3 Å². The lowest BCUT2D eigenvalue weighted by Gasteiger charge is -2.27. The van der Waals surface area contributed by atoms with Crippen molar-refractivity contribution in [3.05, 3.63) is 45.8 Å². The molecule has 0 bridgehead atoms. The number of para-hydroxylation sites is 1. The average molecular weight is 387 g/mol. The first-order valence-corrected chi connectivity index (χ1v) is 9.35. The topological polar surface area (TPSA) is 73.3 Å². The van der Waals surface area contributed by atoms with Crippen LogP contribution in [0, 0.1) is 19.7 Å². The Morgan fingerprint density at radius 2 is 2.19 bits per heavy atom. The van der Waals surface area contributed by atoms with Gasteiger partial charge in [0.1, 0.15) is 21.3 Å². The first-order valence-electron chi connectivity index (χ1n) is 8.53. The molecule has 3 heterocycles. The molecule has 0 saturated carbocycles. The number of halogens is 1. The molecule has 0 amide bonds. The molecule has 0 fully saturated rings. The molecule has 140 valence electrons. The Morgan fingerprint density at radius 1 is 1.37 bits per heavy atom. The second kappa shape index (κ2) is 6.77. The molecule has 1 aliphatic rings. The number of rotatable bonds is 3. The van der Waals surface area contributed by atoms with E-state index in [0.29, 0.717) is 29.5 Å². The summed E-state index contributed by atoms with van der Waals surface area (Å²) in [6.07, 6.45) is 0.675. The van der Waals surface area contributed by atoms with E-state index in [9.17, 15) is 9.18 Å². The van der Waals surface area contributed by atoms with Gasteiger partial charge in [0.2, 0.25) is 0 Å². The molecule has 1 atom stereocenters. The minimum atomic E-state index is -0.391. The number of carbonyl (C=O) groups is 1. The van der Waals surface area contributed by atoms with Crippen LogP contribution in [0.25, 0.3) is 10.2 Å². The maximum atomic E-state index is 14.1. The van der Waals surface area contributed by atoms with Gasteiger partial charge in [-0.2, -0.15) is 0 Å². The maximum absolute atomic E-state index is 14.1. The van der Waals surface area contributed by atoms with Crippen LogP contribution in [0.15, 0.2) is 18.2 Å². The molecule has 0 unspecified atom stereocenters. The zero-order chi connectivity index (χ0) is 19.1. The minimum Gasteiger partial charge on any atom is -0.490 e. The summed E-state index contributed by atoms with van der Waals surface area (Å²) in [6, 6.07) is 4.76. The van der Waals surface area contributed by atoms with Crippen molar-refractivity contribution in [2.75, 3.05) is 19.0 Å². The van der Waals surface area contributed by atoms with Gasteiger partial charge in [0.15, 0.2) is 11.6 Å². The summed E-state index contributed by atoms with van der Waals surface area (Å²) in [5, 5.41) is 4.20. The van der Waals surface area contributed by atoms with Crippen molar-refractivity contribution in [1.82, 2.24) is 9.97 Å². The number of aromatic nitrogens is 2. The van der Waals surface area contributed by atoms with E-state index in [0.717, 1.165) is 21.3 Å². The molecule has 27 heavy (non-hydrogen) atoms. The van der Waals surface area contributed by atoms with E-state index in [1.54, 1.807) is 13.0 Å². The van der Waals surface area contributed by atoms with Crippen molar-refractivity contribution in [3.8, 4) is 5.75 Å². The Hall–Kier alpha value is -2.74. The van der Waals surface area contributed by atoms with Crippen molar-refractivity contribution in [3.63, 3.8) is 0 Å². The van der Waals surface area contributed by atoms with Gasteiger partial charge in [-0.25, -0.2) is 19.2 Å². The molecule has 2 aromatic heterocycles. The van der Waals surface area contributed by atoms with E-state index < -0.39 is 5.97 Å². The number of benzene rings is 1. The SMILES string of the molecule is COC(=O)c1sc2nc(C)nc(N[C@H]3CCOc4c(F)cccc43)c2c1C. The normalized spacial score (nSPS) is 15.9. The quantitative estimate of drug-likeness (QED) is 0.680. The molecule has 6 nitrogen and oxygen atoms in total. The van der Waals surface area contributed by atoms with Crippen molar-refractivity contribution in [2.24, 2.45) is 0 Å². The second-order valence-corrected chi connectivity index (χ2v) is 7.34. The third kappa shape index (κ3) is 2.99. The van der Waals surface area contributed by atoms with Crippen LogP contribution in [0.2, 0.25) is 0 Å². The number of fused-ring (bicyclic) bond motifs is 2. The zero-order valence-electron chi connectivity index (χ0n) is 15.1. The first-order chi connectivity index (χ1) is 13.0. The van der Waals surface area contributed by atoms with Crippen LogP contribution in [0.5, 0.6) is 5.75 Å². The summed E-state index contributed by atoms with van der Waals surface area (Å²) < 4.78 is 24.4. The lowest BCUT2D eigenvalue weighted by molar-refractivity contribution is 0.0605. The van der Waals surface area contributed by atoms with Crippen LogP contribution >= 0.6 is 11.3 Å². The predicted molar refractivity (Wildman–Crippen MR) is 101 cm³/mol. The number of methoxy groups -OCH3 is 1. The van der Waals surface area contributed by atoms with E-state index in [2.05, 4.69) is 15.3 Å². The fourth-order valence-corrected chi connectivity index (χ4v) is 4.48. The fraction of sp³-hybridized carbons (Fsp3) is 0.316. The third-order valence-corrected chi connectivity index (χ3v) is 5.78. The molecule has 0 radical (unpaired) electrons. The minimum absolute atomic E-state index is 0.150. The van der Waals surface area contributed by atoms with E-state index in [-0.39, 0.29) is 17.6 Å². The number of anilines is 1. The molecule has 1 aliphatic heterocycles. The summed E-state index contributed by atoms with van der Waals surface area (Å²) in [5.41, 5.74) is 1.53. The second-order valence-electron chi connectivity index (χ2n) is 6.34. The Labute approximate surface area is 159 Å². The summed E-state index contributed by atoms with van der Waals surface area (Å²) in [7, 11) is 1.36.